The van der Waals surface area contributed by atoms with Gasteiger partial charge in [-0.2, -0.15) is 0 Å². The van der Waals surface area contributed by atoms with E-state index in [2.05, 4.69) is 26.0 Å². The summed E-state index contributed by atoms with van der Waals surface area (Å²) >= 11 is 0. The molecule has 0 aromatic heterocycles. The van der Waals surface area contributed by atoms with Crippen molar-refractivity contribution in [2.75, 3.05) is 6.61 Å². The molecule has 36 heavy (non-hydrogen) atoms. The molecule has 0 fully saturated rings. The second-order valence-electron chi connectivity index (χ2n) is 11.2. The van der Waals surface area contributed by atoms with Gasteiger partial charge >= 0.3 is 5.97 Å². The summed E-state index contributed by atoms with van der Waals surface area (Å²) in [5, 5.41) is 0. The van der Waals surface area contributed by atoms with E-state index in [4.69, 9.17) is 4.74 Å². The lowest BCUT2D eigenvalue weighted by molar-refractivity contribution is -0.143. The second kappa shape index (κ2) is 32.2. The third-order valence-corrected chi connectivity index (χ3v) is 7.40. The van der Waals surface area contributed by atoms with Gasteiger partial charge in [0.1, 0.15) is 0 Å². The van der Waals surface area contributed by atoms with Crippen LogP contribution in [0, 0.1) is 0 Å². The number of carbonyl (C=O) groups is 1. The van der Waals surface area contributed by atoms with Gasteiger partial charge < -0.3 is 4.74 Å². The largest absolute Gasteiger partial charge is 0.466 e. The minimum atomic E-state index is 0.0203. The van der Waals surface area contributed by atoms with Crippen LogP contribution in [-0.4, -0.2) is 12.6 Å². The molecule has 0 atom stereocenters. The summed E-state index contributed by atoms with van der Waals surface area (Å²) in [5.74, 6) is 0.0203. The van der Waals surface area contributed by atoms with Crippen molar-refractivity contribution in [3.05, 3.63) is 12.2 Å². The number of hydrogen-bond acceptors (Lipinski definition) is 2. The third kappa shape index (κ3) is 31.2. The number of rotatable bonds is 30. The van der Waals surface area contributed by atoms with Crippen molar-refractivity contribution in [3.63, 3.8) is 0 Å². The number of carbonyl (C=O) groups excluding carboxylic acids is 1. The quantitative estimate of drug-likeness (QED) is 0.0550. The second-order valence-corrected chi connectivity index (χ2v) is 11.2. The summed E-state index contributed by atoms with van der Waals surface area (Å²) in [6, 6.07) is 0. The van der Waals surface area contributed by atoms with Crippen molar-refractivity contribution in [1.29, 1.82) is 0 Å². The number of hydrogen-bond donors (Lipinski definition) is 0. The van der Waals surface area contributed by atoms with E-state index in [1.54, 1.807) is 0 Å². The Hall–Kier alpha value is -0.790. The first kappa shape index (κ1) is 35.2. The van der Waals surface area contributed by atoms with E-state index in [0.29, 0.717) is 13.0 Å². The van der Waals surface area contributed by atoms with Crippen molar-refractivity contribution in [1.82, 2.24) is 0 Å². The van der Waals surface area contributed by atoms with Crippen LogP contribution in [0.3, 0.4) is 0 Å². The average Bonchev–Trinajstić information content (AvgIpc) is 2.88. The molecule has 0 N–H and O–H groups in total. The van der Waals surface area contributed by atoms with Gasteiger partial charge in [-0.25, -0.2) is 0 Å². The highest BCUT2D eigenvalue weighted by atomic mass is 16.5. The van der Waals surface area contributed by atoms with E-state index in [9.17, 15) is 4.79 Å². The summed E-state index contributed by atoms with van der Waals surface area (Å²) < 4.78 is 5.41. The van der Waals surface area contributed by atoms with Gasteiger partial charge in [0, 0.05) is 6.42 Å². The van der Waals surface area contributed by atoms with E-state index < -0.39 is 0 Å². The van der Waals surface area contributed by atoms with Crippen LogP contribution in [0.25, 0.3) is 0 Å². The van der Waals surface area contributed by atoms with Crippen LogP contribution in [0.5, 0.6) is 0 Å². The van der Waals surface area contributed by atoms with Crippen LogP contribution in [0.1, 0.15) is 194 Å². The normalized spacial score (nSPS) is 11.5. The molecule has 0 spiro atoms. The molecule has 0 bridgehead atoms. The van der Waals surface area contributed by atoms with Crippen LogP contribution in [0.15, 0.2) is 12.2 Å². The lowest BCUT2D eigenvalue weighted by Gasteiger charge is -2.05. The van der Waals surface area contributed by atoms with Crippen molar-refractivity contribution in [2.24, 2.45) is 0 Å². The summed E-state index contributed by atoms with van der Waals surface area (Å²) in [6.45, 7) is 5.18. The summed E-state index contributed by atoms with van der Waals surface area (Å²) in [4.78, 5) is 11.9. The van der Waals surface area contributed by atoms with Crippen molar-refractivity contribution in [3.8, 4) is 0 Å². The van der Waals surface area contributed by atoms with Gasteiger partial charge in [0.2, 0.25) is 0 Å². The number of ether oxygens (including phenoxy) is 1. The van der Waals surface area contributed by atoms with Crippen LogP contribution < -0.4 is 0 Å². The van der Waals surface area contributed by atoms with E-state index in [0.717, 1.165) is 12.8 Å². The van der Waals surface area contributed by atoms with E-state index in [1.807, 2.05) is 0 Å². The predicted molar refractivity (Wildman–Crippen MR) is 161 cm³/mol. The molecule has 0 aliphatic heterocycles. The summed E-state index contributed by atoms with van der Waals surface area (Å²) in [7, 11) is 0. The molecular formula is C34H66O2. The molecule has 0 rings (SSSR count). The third-order valence-electron chi connectivity index (χ3n) is 7.40. The Morgan fingerprint density at radius 3 is 1.19 bits per heavy atom. The lowest BCUT2D eigenvalue weighted by Crippen LogP contribution is -2.05. The topological polar surface area (TPSA) is 26.3 Å². The van der Waals surface area contributed by atoms with Gasteiger partial charge in [-0.05, 0) is 38.5 Å². The fourth-order valence-electron chi connectivity index (χ4n) is 4.89. The molecule has 0 radical (unpaired) electrons. The molecule has 2 heteroatoms. The van der Waals surface area contributed by atoms with Crippen LogP contribution in [-0.2, 0) is 9.53 Å². The highest BCUT2D eigenvalue weighted by molar-refractivity contribution is 5.69. The Labute approximate surface area is 227 Å². The zero-order valence-corrected chi connectivity index (χ0v) is 25.0. The van der Waals surface area contributed by atoms with Gasteiger partial charge in [0.25, 0.3) is 0 Å². The smallest absolute Gasteiger partial charge is 0.305 e. The SMILES string of the molecule is CCCCCCCCC=CCCCCCCCCCCCC(=O)OCCCCCCCCCCCC. The highest BCUT2D eigenvalue weighted by Crippen LogP contribution is 2.13. The molecule has 0 aromatic rings. The van der Waals surface area contributed by atoms with E-state index in [-0.39, 0.29) is 5.97 Å². The van der Waals surface area contributed by atoms with E-state index >= 15 is 0 Å². The summed E-state index contributed by atoms with van der Waals surface area (Å²) in [5.41, 5.74) is 0. The maximum atomic E-state index is 11.9. The van der Waals surface area contributed by atoms with Crippen molar-refractivity contribution in [2.45, 2.75) is 194 Å². The standard InChI is InChI=1S/C34H66O2/c1-3-5-7-9-11-13-15-16-17-18-19-20-21-22-23-24-26-28-30-32-34(35)36-33-31-29-27-25-14-12-10-8-6-4-2/h16-17H,3-15,18-33H2,1-2H3. The average molecular weight is 507 g/mol. The Kier molecular flexibility index (Phi) is 31.5. The first-order chi connectivity index (χ1) is 17.8. The Bertz CT molecular complexity index is 442. The molecular weight excluding hydrogens is 440 g/mol. The van der Waals surface area contributed by atoms with Crippen molar-refractivity contribution < 1.29 is 9.53 Å². The van der Waals surface area contributed by atoms with Gasteiger partial charge in [0.05, 0.1) is 6.61 Å². The zero-order valence-electron chi connectivity index (χ0n) is 25.0. The minimum absolute atomic E-state index is 0.0203. The molecule has 0 aliphatic carbocycles. The Morgan fingerprint density at radius 2 is 0.778 bits per heavy atom. The maximum absolute atomic E-state index is 11.9. The van der Waals surface area contributed by atoms with Crippen LogP contribution in [0.4, 0.5) is 0 Å². The molecule has 0 heterocycles. The molecule has 0 amide bonds. The molecule has 0 saturated carbocycles. The van der Waals surface area contributed by atoms with E-state index in [1.165, 1.54) is 161 Å². The Balaban J connectivity index is 3.18. The maximum Gasteiger partial charge on any atom is 0.305 e. The van der Waals surface area contributed by atoms with Gasteiger partial charge in [-0.15, -0.1) is 0 Å². The van der Waals surface area contributed by atoms with Gasteiger partial charge in [-0.3, -0.25) is 4.79 Å². The van der Waals surface area contributed by atoms with Crippen LogP contribution in [0.2, 0.25) is 0 Å². The van der Waals surface area contributed by atoms with Crippen molar-refractivity contribution >= 4 is 5.97 Å². The fourth-order valence-corrected chi connectivity index (χ4v) is 4.89. The monoisotopic (exact) mass is 507 g/mol. The lowest BCUT2D eigenvalue weighted by atomic mass is 10.1. The zero-order chi connectivity index (χ0) is 26.2. The molecule has 0 unspecified atom stereocenters. The molecule has 0 aliphatic rings. The fraction of sp³-hybridized carbons (Fsp3) is 0.912. The first-order valence-corrected chi connectivity index (χ1v) is 16.6. The molecule has 0 aromatic carbocycles. The minimum Gasteiger partial charge on any atom is -0.466 e. The first-order valence-electron chi connectivity index (χ1n) is 16.6. The number of allylic oxidation sites excluding steroid dienone is 2. The Morgan fingerprint density at radius 1 is 0.444 bits per heavy atom. The van der Waals surface area contributed by atoms with Crippen LogP contribution >= 0.6 is 0 Å². The summed E-state index contributed by atoms with van der Waals surface area (Å²) in [6.07, 6.45) is 41.2. The number of esters is 1. The van der Waals surface area contributed by atoms with Gasteiger partial charge in [0.15, 0.2) is 0 Å². The highest BCUT2D eigenvalue weighted by Gasteiger charge is 2.02. The van der Waals surface area contributed by atoms with Gasteiger partial charge in [-0.1, -0.05) is 161 Å². The molecule has 2 nitrogen and oxygen atoms in total. The molecule has 214 valence electrons. The predicted octanol–water partition coefficient (Wildman–Crippen LogP) is 12.0. The molecule has 0 saturated heterocycles. The number of unbranched alkanes of at least 4 members (excludes halogenated alkanes) is 24.